The lowest BCUT2D eigenvalue weighted by Gasteiger charge is -2.38. The summed E-state index contributed by atoms with van der Waals surface area (Å²) in [6, 6.07) is 1.17. The number of carbonyl (C=O) groups excluding carboxylic acids is 1. The standard InChI is InChI=1S/C13H17ClN2O3/c1-13(12(18)19)5-3-2-4-10(13)16-11(17)9-6-8(14)7-15-9/h6-7,10,15H,2-5H2,1H3,(H,16,17)(H,18,19). The summed E-state index contributed by atoms with van der Waals surface area (Å²) in [6.45, 7) is 1.70. The lowest BCUT2D eigenvalue weighted by molar-refractivity contribution is -0.151. The Kier molecular flexibility index (Phi) is 3.85. The van der Waals surface area contributed by atoms with Crippen molar-refractivity contribution >= 4 is 23.5 Å². The number of rotatable bonds is 3. The summed E-state index contributed by atoms with van der Waals surface area (Å²) >= 11 is 5.75. The minimum atomic E-state index is -0.899. The average molecular weight is 285 g/mol. The predicted octanol–water partition coefficient (Wildman–Crippen LogP) is 2.43. The van der Waals surface area contributed by atoms with Crippen LogP contribution in [0.4, 0.5) is 0 Å². The Hall–Kier alpha value is -1.49. The summed E-state index contributed by atoms with van der Waals surface area (Å²) < 4.78 is 0. The Morgan fingerprint density at radius 2 is 2.26 bits per heavy atom. The van der Waals surface area contributed by atoms with E-state index in [0.717, 1.165) is 12.8 Å². The maximum absolute atomic E-state index is 12.0. The maximum atomic E-state index is 12.0. The molecule has 0 aromatic carbocycles. The number of carboxylic acid groups (broad SMARTS) is 1. The molecule has 1 saturated carbocycles. The third-order valence-electron chi connectivity index (χ3n) is 3.89. The highest BCUT2D eigenvalue weighted by Crippen LogP contribution is 2.36. The molecular formula is C13H17ClN2O3. The molecule has 2 atom stereocenters. The summed E-state index contributed by atoms with van der Waals surface area (Å²) in [5.74, 6) is -1.17. The van der Waals surface area contributed by atoms with Gasteiger partial charge in [0.1, 0.15) is 5.69 Å². The van der Waals surface area contributed by atoms with Crippen LogP contribution in [0.3, 0.4) is 0 Å². The van der Waals surface area contributed by atoms with Crippen LogP contribution in [0.25, 0.3) is 0 Å². The first-order valence-electron chi connectivity index (χ1n) is 6.31. The molecule has 5 nitrogen and oxygen atoms in total. The van der Waals surface area contributed by atoms with Gasteiger partial charge in [0.2, 0.25) is 0 Å². The van der Waals surface area contributed by atoms with Gasteiger partial charge in [0.05, 0.1) is 10.4 Å². The van der Waals surface area contributed by atoms with E-state index in [1.807, 2.05) is 0 Å². The second-order valence-electron chi connectivity index (χ2n) is 5.23. The molecule has 0 radical (unpaired) electrons. The lowest BCUT2D eigenvalue weighted by atomic mass is 9.71. The van der Waals surface area contributed by atoms with Crippen molar-refractivity contribution in [3.8, 4) is 0 Å². The molecule has 1 aliphatic carbocycles. The van der Waals surface area contributed by atoms with Crippen molar-refractivity contribution in [2.45, 2.75) is 38.6 Å². The molecule has 0 saturated heterocycles. The molecule has 104 valence electrons. The van der Waals surface area contributed by atoms with E-state index in [-0.39, 0.29) is 11.9 Å². The summed E-state index contributed by atoms with van der Waals surface area (Å²) in [5, 5.41) is 12.6. The molecule has 1 aromatic heterocycles. The zero-order valence-corrected chi connectivity index (χ0v) is 11.5. The maximum Gasteiger partial charge on any atom is 0.311 e. The van der Waals surface area contributed by atoms with Crippen molar-refractivity contribution in [3.05, 3.63) is 23.0 Å². The normalized spacial score (nSPS) is 26.9. The smallest absolute Gasteiger partial charge is 0.311 e. The number of aromatic amines is 1. The molecule has 1 amide bonds. The molecule has 0 aliphatic heterocycles. The van der Waals surface area contributed by atoms with E-state index in [0.29, 0.717) is 23.6 Å². The van der Waals surface area contributed by atoms with E-state index in [1.165, 1.54) is 12.3 Å². The second kappa shape index (κ2) is 5.25. The Bertz CT molecular complexity index is 500. The number of aromatic nitrogens is 1. The molecule has 1 heterocycles. The van der Waals surface area contributed by atoms with E-state index in [1.54, 1.807) is 6.92 Å². The molecule has 2 unspecified atom stereocenters. The van der Waals surface area contributed by atoms with Crippen LogP contribution in [0.2, 0.25) is 5.02 Å². The number of amides is 1. The molecule has 0 bridgehead atoms. The van der Waals surface area contributed by atoms with Crippen molar-refractivity contribution < 1.29 is 14.7 Å². The van der Waals surface area contributed by atoms with Gasteiger partial charge >= 0.3 is 5.97 Å². The Morgan fingerprint density at radius 1 is 1.53 bits per heavy atom. The number of hydrogen-bond acceptors (Lipinski definition) is 2. The topological polar surface area (TPSA) is 82.2 Å². The minimum absolute atomic E-state index is 0.314. The van der Waals surface area contributed by atoms with Crippen LogP contribution in [-0.4, -0.2) is 28.0 Å². The van der Waals surface area contributed by atoms with E-state index < -0.39 is 11.4 Å². The van der Waals surface area contributed by atoms with Crippen LogP contribution < -0.4 is 5.32 Å². The summed E-state index contributed by atoms with van der Waals surface area (Å²) in [6.07, 6.45) is 4.60. The van der Waals surface area contributed by atoms with Gasteiger partial charge in [-0.2, -0.15) is 0 Å². The van der Waals surface area contributed by atoms with Crippen LogP contribution in [0.1, 0.15) is 43.1 Å². The van der Waals surface area contributed by atoms with Gasteiger partial charge in [-0.1, -0.05) is 24.4 Å². The van der Waals surface area contributed by atoms with Gasteiger partial charge in [-0.05, 0) is 25.8 Å². The van der Waals surface area contributed by atoms with Gasteiger partial charge in [-0.3, -0.25) is 9.59 Å². The van der Waals surface area contributed by atoms with Crippen molar-refractivity contribution in [1.29, 1.82) is 0 Å². The third kappa shape index (κ3) is 2.76. The van der Waals surface area contributed by atoms with Gasteiger partial charge in [0, 0.05) is 12.2 Å². The monoisotopic (exact) mass is 284 g/mol. The molecule has 1 aliphatic rings. The highest BCUT2D eigenvalue weighted by molar-refractivity contribution is 6.30. The first-order chi connectivity index (χ1) is 8.93. The van der Waals surface area contributed by atoms with Gasteiger partial charge in [0.25, 0.3) is 5.91 Å². The van der Waals surface area contributed by atoms with E-state index in [2.05, 4.69) is 10.3 Å². The molecule has 19 heavy (non-hydrogen) atoms. The number of nitrogens with one attached hydrogen (secondary N) is 2. The molecule has 1 aromatic rings. The van der Waals surface area contributed by atoms with Crippen LogP contribution in [-0.2, 0) is 4.79 Å². The zero-order valence-electron chi connectivity index (χ0n) is 10.7. The summed E-state index contributed by atoms with van der Waals surface area (Å²) in [7, 11) is 0. The van der Waals surface area contributed by atoms with Crippen molar-refractivity contribution in [3.63, 3.8) is 0 Å². The second-order valence-corrected chi connectivity index (χ2v) is 5.66. The van der Waals surface area contributed by atoms with E-state index in [9.17, 15) is 14.7 Å². The van der Waals surface area contributed by atoms with Crippen LogP contribution in [0.5, 0.6) is 0 Å². The molecule has 2 rings (SSSR count). The lowest BCUT2D eigenvalue weighted by Crippen LogP contribution is -2.52. The Balaban J connectivity index is 2.12. The van der Waals surface area contributed by atoms with E-state index in [4.69, 9.17) is 11.6 Å². The largest absolute Gasteiger partial charge is 0.481 e. The number of H-pyrrole nitrogens is 1. The zero-order chi connectivity index (χ0) is 14.0. The molecule has 1 fully saturated rings. The fourth-order valence-electron chi connectivity index (χ4n) is 2.56. The number of carbonyl (C=O) groups is 2. The number of carboxylic acids is 1. The van der Waals surface area contributed by atoms with E-state index >= 15 is 0 Å². The Morgan fingerprint density at radius 3 is 2.84 bits per heavy atom. The quantitative estimate of drug-likeness (QED) is 0.797. The van der Waals surface area contributed by atoms with Crippen molar-refractivity contribution in [2.24, 2.45) is 5.41 Å². The molecular weight excluding hydrogens is 268 g/mol. The first kappa shape index (κ1) is 13.9. The highest BCUT2D eigenvalue weighted by Gasteiger charge is 2.43. The van der Waals surface area contributed by atoms with Crippen molar-refractivity contribution in [2.75, 3.05) is 0 Å². The Labute approximate surface area is 116 Å². The van der Waals surface area contributed by atoms with Crippen LogP contribution in [0, 0.1) is 5.41 Å². The highest BCUT2D eigenvalue weighted by atomic mass is 35.5. The third-order valence-corrected chi connectivity index (χ3v) is 4.11. The van der Waals surface area contributed by atoms with Crippen LogP contribution >= 0.6 is 11.6 Å². The fraction of sp³-hybridized carbons (Fsp3) is 0.538. The van der Waals surface area contributed by atoms with Gasteiger partial charge in [-0.25, -0.2) is 0 Å². The summed E-state index contributed by atoms with van der Waals surface area (Å²) in [5.41, 5.74) is -0.548. The van der Waals surface area contributed by atoms with Gasteiger partial charge in [0.15, 0.2) is 0 Å². The fourth-order valence-corrected chi connectivity index (χ4v) is 2.72. The first-order valence-corrected chi connectivity index (χ1v) is 6.69. The van der Waals surface area contributed by atoms with Crippen molar-refractivity contribution in [1.82, 2.24) is 10.3 Å². The number of halogens is 1. The molecule has 0 spiro atoms. The van der Waals surface area contributed by atoms with Gasteiger partial charge < -0.3 is 15.4 Å². The average Bonchev–Trinajstić information content (AvgIpc) is 2.79. The number of aliphatic carboxylic acids is 1. The minimum Gasteiger partial charge on any atom is -0.481 e. The SMILES string of the molecule is CC1(C(=O)O)CCCCC1NC(=O)c1cc(Cl)c[nH]1. The predicted molar refractivity (Wildman–Crippen MR) is 71.3 cm³/mol. The molecule has 6 heteroatoms. The van der Waals surface area contributed by atoms with Crippen LogP contribution in [0.15, 0.2) is 12.3 Å². The van der Waals surface area contributed by atoms with Gasteiger partial charge in [-0.15, -0.1) is 0 Å². The summed E-state index contributed by atoms with van der Waals surface area (Å²) in [4.78, 5) is 26.2. The number of hydrogen-bond donors (Lipinski definition) is 3. The molecule has 3 N–H and O–H groups in total.